The number of rotatable bonds is 5. The summed E-state index contributed by atoms with van der Waals surface area (Å²) in [6.45, 7) is 0. The average molecular weight is 333 g/mol. The van der Waals surface area contributed by atoms with Crippen LogP contribution in [0.3, 0.4) is 0 Å². The van der Waals surface area contributed by atoms with Gasteiger partial charge in [0.25, 0.3) is 0 Å². The molecule has 3 rings (SSSR count). The molecule has 2 aromatic rings. The second kappa shape index (κ2) is 7.63. The lowest BCUT2D eigenvalue weighted by molar-refractivity contribution is -0.121. The second-order valence-corrected chi connectivity index (χ2v) is 6.17. The van der Waals surface area contributed by atoms with Gasteiger partial charge in [0.15, 0.2) is 0 Å². The normalized spacial score (nSPS) is 15.6. The van der Waals surface area contributed by atoms with Gasteiger partial charge in [0.2, 0.25) is 11.8 Å². The van der Waals surface area contributed by atoms with Crippen LogP contribution in [-0.2, 0) is 22.4 Å². The van der Waals surface area contributed by atoms with Crippen LogP contribution in [0.25, 0.3) is 0 Å². The largest absolute Gasteiger partial charge is 0.326 e. The van der Waals surface area contributed by atoms with Gasteiger partial charge < -0.3 is 10.6 Å². The van der Waals surface area contributed by atoms with Gasteiger partial charge in [-0.15, -0.1) is 0 Å². The Balaban J connectivity index is 1.52. The van der Waals surface area contributed by atoms with Gasteiger partial charge in [-0.25, -0.2) is 0 Å². The van der Waals surface area contributed by atoms with E-state index < -0.39 is 0 Å². The summed E-state index contributed by atoms with van der Waals surface area (Å²) in [6, 6.07) is 17.1. The average Bonchev–Trinajstić information content (AvgIpc) is 2.62. The number of nitrogens with zero attached hydrogens (tertiary/aromatic N) is 1. The lowest BCUT2D eigenvalue weighted by Crippen LogP contribution is -2.30. The van der Waals surface area contributed by atoms with E-state index in [1.165, 1.54) is 0 Å². The zero-order valence-electron chi connectivity index (χ0n) is 13.8. The zero-order chi connectivity index (χ0) is 17.6. The van der Waals surface area contributed by atoms with Crippen molar-refractivity contribution in [2.45, 2.75) is 25.7 Å². The molecule has 0 aromatic heterocycles. The van der Waals surface area contributed by atoms with Gasteiger partial charge in [0.1, 0.15) is 0 Å². The first kappa shape index (κ1) is 16.7. The van der Waals surface area contributed by atoms with E-state index in [4.69, 9.17) is 5.26 Å². The number of para-hydroxylation sites is 1. The van der Waals surface area contributed by atoms with Crippen molar-refractivity contribution in [3.63, 3.8) is 0 Å². The van der Waals surface area contributed by atoms with Gasteiger partial charge >= 0.3 is 0 Å². The third-order valence-electron chi connectivity index (χ3n) is 4.35. The summed E-state index contributed by atoms with van der Waals surface area (Å²) in [4.78, 5) is 24.3. The van der Waals surface area contributed by atoms with Gasteiger partial charge in [-0.2, -0.15) is 5.26 Å². The topological polar surface area (TPSA) is 82.0 Å². The summed E-state index contributed by atoms with van der Waals surface area (Å²) < 4.78 is 0. The van der Waals surface area contributed by atoms with Gasteiger partial charge in [-0.3, -0.25) is 9.59 Å². The van der Waals surface area contributed by atoms with Crippen molar-refractivity contribution in [1.82, 2.24) is 0 Å². The first-order valence-corrected chi connectivity index (χ1v) is 8.30. The lowest BCUT2D eigenvalue weighted by atomic mass is 9.89. The Hall–Kier alpha value is -3.13. The van der Waals surface area contributed by atoms with Gasteiger partial charge in [-0.1, -0.05) is 30.3 Å². The number of amides is 2. The van der Waals surface area contributed by atoms with E-state index in [1.54, 1.807) is 12.1 Å². The summed E-state index contributed by atoms with van der Waals surface area (Å²) in [7, 11) is 0. The molecule has 1 aliphatic rings. The summed E-state index contributed by atoms with van der Waals surface area (Å²) in [5.74, 6) is -0.314. The maximum atomic E-state index is 12.2. The molecule has 2 amide bonds. The van der Waals surface area contributed by atoms with Crippen molar-refractivity contribution in [3.05, 3.63) is 59.7 Å². The second-order valence-electron chi connectivity index (χ2n) is 6.17. The van der Waals surface area contributed by atoms with E-state index in [0.29, 0.717) is 31.4 Å². The van der Waals surface area contributed by atoms with Crippen LogP contribution in [0.4, 0.5) is 11.4 Å². The number of fused-ring (bicyclic) bond motifs is 1. The molecule has 2 aromatic carbocycles. The van der Waals surface area contributed by atoms with Gasteiger partial charge in [0.05, 0.1) is 12.5 Å². The highest BCUT2D eigenvalue weighted by Gasteiger charge is 2.26. The molecule has 1 unspecified atom stereocenters. The number of carbonyl (C=O) groups excluding carboxylic acids is 2. The van der Waals surface area contributed by atoms with Crippen LogP contribution >= 0.6 is 0 Å². The van der Waals surface area contributed by atoms with Crippen molar-refractivity contribution in [1.29, 1.82) is 5.26 Å². The predicted molar refractivity (Wildman–Crippen MR) is 95.9 cm³/mol. The molecular weight excluding hydrogens is 314 g/mol. The van der Waals surface area contributed by atoms with Crippen molar-refractivity contribution < 1.29 is 9.59 Å². The number of nitriles is 1. The van der Waals surface area contributed by atoms with Crippen molar-refractivity contribution in [3.8, 4) is 6.07 Å². The number of hydrogen-bond donors (Lipinski definition) is 2. The van der Waals surface area contributed by atoms with E-state index in [0.717, 1.165) is 16.8 Å². The molecule has 0 saturated heterocycles. The molecule has 1 aliphatic heterocycles. The highest BCUT2D eigenvalue weighted by molar-refractivity contribution is 5.96. The van der Waals surface area contributed by atoms with Crippen LogP contribution in [0.5, 0.6) is 0 Å². The Kier molecular flexibility index (Phi) is 5.10. The highest BCUT2D eigenvalue weighted by Crippen LogP contribution is 2.27. The minimum Gasteiger partial charge on any atom is -0.326 e. The summed E-state index contributed by atoms with van der Waals surface area (Å²) in [5.41, 5.74) is 3.59. The molecule has 0 spiro atoms. The molecule has 5 nitrogen and oxygen atoms in total. The van der Waals surface area contributed by atoms with Crippen LogP contribution < -0.4 is 10.6 Å². The molecule has 2 N–H and O–H groups in total. The minimum absolute atomic E-state index is 0.0210. The maximum absolute atomic E-state index is 12.2. The fraction of sp³-hybridized carbons (Fsp3) is 0.250. The summed E-state index contributed by atoms with van der Waals surface area (Å²) in [6.07, 6.45) is 1.82. The smallest absolute Gasteiger partial charge is 0.227 e. The van der Waals surface area contributed by atoms with E-state index in [2.05, 4.69) is 16.7 Å². The molecular formula is C20H19N3O2. The van der Waals surface area contributed by atoms with Gasteiger partial charge in [0, 0.05) is 23.7 Å². The van der Waals surface area contributed by atoms with E-state index in [-0.39, 0.29) is 17.7 Å². The molecule has 0 fully saturated rings. The minimum atomic E-state index is -0.182. The number of nitrogens with one attached hydrogen (secondary N) is 2. The Bertz CT molecular complexity index is 822. The maximum Gasteiger partial charge on any atom is 0.227 e. The summed E-state index contributed by atoms with van der Waals surface area (Å²) in [5, 5.41) is 14.4. The third kappa shape index (κ3) is 4.24. The van der Waals surface area contributed by atoms with Crippen molar-refractivity contribution in [2.75, 3.05) is 10.6 Å². The Labute approximate surface area is 146 Å². The van der Waals surface area contributed by atoms with Crippen molar-refractivity contribution in [2.24, 2.45) is 5.92 Å². The molecule has 25 heavy (non-hydrogen) atoms. The van der Waals surface area contributed by atoms with Crippen molar-refractivity contribution >= 4 is 23.2 Å². The zero-order valence-corrected chi connectivity index (χ0v) is 13.8. The van der Waals surface area contributed by atoms with E-state index in [9.17, 15) is 9.59 Å². The van der Waals surface area contributed by atoms with Crippen LogP contribution in [0, 0.1) is 17.2 Å². The molecule has 0 bridgehead atoms. The first-order valence-electron chi connectivity index (χ1n) is 8.30. The quantitative estimate of drug-likeness (QED) is 0.881. The lowest BCUT2D eigenvalue weighted by Gasteiger charge is -2.24. The number of carbonyl (C=O) groups is 2. The first-order chi connectivity index (χ1) is 12.2. The monoisotopic (exact) mass is 333 g/mol. The third-order valence-corrected chi connectivity index (χ3v) is 4.35. The Morgan fingerprint density at radius 3 is 2.72 bits per heavy atom. The predicted octanol–water partition coefficient (Wildman–Crippen LogP) is 3.28. The van der Waals surface area contributed by atoms with E-state index >= 15 is 0 Å². The molecule has 5 heteroatoms. The van der Waals surface area contributed by atoms with Crippen LogP contribution in [0.2, 0.25) is 0 Å². The molecule has 0 aliphatic carbocycles. The Morgan fingerprint density at radius 2 is 1.96 bits per heavy atom. The molecule has 0 radical (unpaired) electrons. The fourth-order valence-electron chi connectivity index (χ4n) is 2.97. The summed E-state index contributed by atoms with van der Waals surface area (Å²) >= 11 is 0. The molecule has 1 atom stereocenters. The molecule has 1 heterocycles. The number of anilines is 2. The fourth-order valence-corrected chi connectivity index (χ4v) is 2.97. The standard InChI is InChI=1S/C20H19N3O2/c21-12-11-14-5-8-17(9-6-14)22-19(24)10-7-16-13-15-3-1-2-4-18(15)23-20(16)25/h1-6,8-9,16H,7,10-11,13H2,(H,22,24)(H,23,25). The van der Waals surface area contributed by atoms with Crippen LogP contribution in [-0.4, -0.2) is 11.8 Å². The van der Waals surface area contributed by atoms with E-state index in [1.807, 2.05) is 36.4 Å². The Morgan fingerprint density at radius 1 is 1.20 bits per heavy atom. The molecule has 126 valence electrons. The number of hydrogen-bond acceptors (Lipinski definition) is 3. The van der Waals surface area contributed by atoms with Crippen LogP contribution in [0.1, 0.15) is 24.0 Å². The van der Waals surface area contributed by atoms with Crippen LogP contribution in [0.15, 0.2) is 48.5 Å². The SMILES string of the molecule is N#CCc1ccc(NC(=O)CCC2Cc3ccccc3NC2=O)cc1. The highest BCUT2D eigenvalue weighted by atomic mass is 16.2. The van der Waals surface area contributed by atoms with Gasteiger partial charge in [-0.05, 0) is 42.2 Å². The molecule has 0 saturated carbocycles. The number of benzene rings is 2.